The Bertz CT molecular complexity index is 1010. The third-order valence-electron chi connectivity index (χ3n) is 3.83. The van der Waals surface area contributed by atoms with E-state index < -0.39 is 34.3 Å². The lowest BCUT2D eigenvalue weighted by molar-refractivity contribution is -0.138. The summed E-state index contributed by atoms with van der Waals surface area (Å²) in [6, 6.07) is 7.85. The molecule has 10 heteroatoms. The van der Waals surface area contributed by atoms with Crippen LogP contribution in [-0.2, 0) is 12.4 Å². The van der Waals surface area contributed by atoms with Crippen molar-refractivity contribution in [2.45, 2.75) is 12.4 Å². The van der Waals surface area contributed by atoms with Crippen LogP contribution in [0.5, 0.6) is 0 Å². The number of hydrogen-bond acceptors (Lipinski definition) is 4. The highest BCUT2D eigenvalue weighted by Gasteiger charge is 2.32. The minimum Gasteiger partial charge on any atom is -0.350 e. The second kappa shape index (κ2) is 6.70. The molecule has 0 radical (unpaired) electrons. The molecule has 0 amide bonds. The van der Waals surface area contributed by atoms with Crippen molar-refractivity contribution >= 4 is 22.7 Å². The van der Waals surface area contributed by atoms with Gasteiger partial charge in [0.25, 0.3) is 10.9 Å². The Morgan fingerprint density at radius 3 is 1.29 bits per heavy atom. The van der Waals surface area contributed by atoms with Crippen molar-refractivity contribution in [2.24, 2.45) is 0 Å². The molecule has 4 nitrogen and oxygen atoms in total. The Morgan fingerprint density at radius 1 is 0.607 bits per heavy atom. The summed E-state index contributed by atoms with van der Waals surface area (Å²) in [5, 5.41) is 4.82. The molecular formula is C18H10F6N2O2. The Balaban J connectivity index is 1.89. The van der Waals surface area contributed by atoms with Crippen LogP contribution in [0.25, 0.3) is 0 Å². The van der Waals surface area contributed by atoms with E-state index in [-0.39, 0.29) is 22.7 Å². The molecule has 0 saturated heterocycles. The van der Waals surface area contributed by atoms with Crippen molar-refractivity contribution in [2.75, 3.05) is 10.6 Å². The monoisotopic (exact) mass is 400 g/mol. The molecule has 2 N–H and O–H groups in total. The van der Waals surface area contributed by atoms with Gasteiger partial charge in [-0.15, -0.1) is 0 Å². The van der Waals surface area contributed by atoms with Gasteiger partial charge >= 0.3 is 12.4 Å². The number of alkyl halides is 6. The summed E-state index contributed by atoms with van der Waals surface area (Å²) in [4.78, 5) is 23.5. The first kappa shape index (κ1) is 19.5. The standard InChI is InChI=1S/C18H10F6N2O2/c19-17(20,21)9-3-1-5-11(7-9)25-13-14(16(28)15(13)27)26-12-6-2-4-10(8-12)18(22,23)24/h1-8,25-26H. The number of anilines is 4. The number of hydrogen-bond donors (Lipinski definition) is 2. The predicted octanol–water partition coefficient (Wildman–Crippen LogP) is 4.81. The van der Waals surface area contributed by atoms with Gasteiger partial charge < -0.3 is 10.6 Å². The van der Waals surface area contributed by atoms with Crippen LogP contribution in [0.1, 0.15) is 11.1 Å². The topological polar surface area (TPSA) is 58.2 Å². The highest BCUT2D eigenvalue weighted by molar-refractivity contribution is 5.82. The minimum absolute atomic E-state index is 0.103. The largest absolute Gasteiger partial charge is 0.416 e. The second-order valence-corrected chi connectivity index (χ2v) is 5.82. The van der Waals surface area contributed by atoms with E-state index in [0.717, 1.165) is 36.4 Å². The first-order chi connectivity index (χ1) is 13.0. The summed E-state index contributed by atoms with van der Waals surface area (Å²) >= 11 is 0. The highest BCUT2D eigenvalue weighted by atomic mass is 19.4. The molecule has 3 aromatic rings. The van der Waals surface area contributed by atoms with Gasteiger partial charge in [-0.2, -0.15) is 26.3 Å². The van der Waals surface area contributed by atoms with Crippen molar-refractivity contribution in [3.8, 4) is 0 Å². The molecule has 3 aromatic carbocycles. The zero-order valence-electron chi connectivity index (χ0n) is 13.7. The van der Waals surface area contributed by atoms with Gasteiger partial charge in [0.2, 0.25) is 0 Å². The first-order valence-corrected chi connectivity index (χ1v) is 7.68. The molecule has 0 atom stereocenters. The molecule has 0 aromatic heterocycles. The summed E-state index contributed by atoms with van der Waals surface area (Å²) in [5.74, 6) is 0. The lowest BCUT2D eigenvalue weighted by Crippen LogP contribution is -2.35. The maximum Gasteiger partial charge on any atom is 0.416 e. The SMILES string of the molecule is O=c1c(Nc2cccc(C(F)(F)F)c2)c(Nc2cccc(C(F)(F)F)c2)c1=O. The van der Waals surface area contributed by atoms with E-state index in [1.54, 1.807) is 0 Å². The highest BCUT2D eigenvalue weighted by Crippen LogP contribution is 2.33. The number of rotatable bonds is 4. The molecular weight excluding hydrogens is 390 g/mol. The third-order valence-corrected chi connectivity index (χ3v) is 3.83. The lowest BCUT2D eigenvalue weighted by atomic mass is 10.1. The van der Waals surface area contributed by atoms with Gasteiger partial charge in [0, 0.05) is 11.4 Å². The van der Waals surface area contributed by atoms with E-state index in [2.05, 4.69) is 10.6 Å². The molecule has 0 spiro atoms. The second-order valence-electron chi connectivity index (χ2n) is 5.82. The molecule has 146 valence electrons. The molecule has 0 aliphatic rings. The molecule has 0 aliphatic heterocycles. The summed E-state index contributed by atoms with van der Waals surface area (Å²) in [6.07, 6.45) is -9.21. The van der Waals surface area contributed by atoms with Gasteiger partial charge in [0.05, 0.1) is 11.1 Å². The molecule has 0 saturated carbocycles. The van der Waals surface area contributed by atoms with E-state index in [4.69, 9.17) is 0 Å². The molecule has 0 unspecified atom stereocenters. The van der Waals surface area contributed by atoms with Crippen LogP contribution in [0.3, 0.4) is 0 Å². The smallest absolute Gasteiger partial charge is 0.350 e. The Morgan fingerprint density at radius 2 is 0.964 bits per heavy atom. The maximum absolute atomic E-state index is 12.8. The van der Waals surface area contributed by atoms with Crippen molar-refractivity contribution in [3.63, 3.8) is 0 Å². The Hall–Kier alpha value is -3.30. The van der Waals surface area contributed by atoms with Crippen LogP contribution in [0.2, 0.25) is 0 Å². The number of benzene rings is 2. The third kappa shape index (κ3) is 3.85. The quantitative estimate of drug-likeness (QED) is 0.488. The minimum atomic E-state index is -4.61. The van der Waals surface area contributed by atoms with Gasteiger partial charge in [-0.1, -0.05) is 12.1 Å². The van der Waals surface area contributed by atoms with Crippen molar-refractivity contribution < 1.29 is 26.3 Å². The fourth-order valence-electron chi connectivity index (χ4n) is 2.47. The fourth-order valence-corrected chi connectivity index (χ4v) is 2.47. The van der Waals surface area contributed by atoms with Gasteiger partial charge in [-0.25, -0.2) is 0 Å². The Kier molecular flexibility index (Phi) is 4.66. The number of halogens is 6. The molecule has 0 fully saturated rings. The van der Waals surface area contributed by atoms with Crippen molar-refractivity contribution in [3.05, 3.63) is 80.1 Å². The normalized spacial score (nSPS) is 12.2. The molecule has 0 bridgehead atoms. The predicted molar refractivity (Wildman–Crippen MR) is 90.8 cm³/mol. The average Bonchev–Trinajstić information content (AvgIpc) is 2.63. The fraction of sp³-hybridized carbons (Fsp3) is 0.111. The lowest BCUT2D eigenvalue weighted by Gasteiger charge is -2.16. The zero-order valence-corrected chi connectivity index (χ0v) is 13.7. The molecule has 3 rings (SSSR count). The zero-order chi connectivity index (χ0) is 20.7. The van der Waals surface area contributed by atoms with E-state index in [0.29, 0.717) is 0 Å². The van der Waals surface area contributed by atoms with E-state index in [1.165, 1.54) is 12.1 Å². The van der Waals surface area contributed by atoms with Crippen LogP contribution in [0.4, 0.5) is 49.1 Å². The van der Waals surface area contributed by atoms with Crippen molar-refractivity contribution in [1.82, 2.24) is 0 Å². The van der Waals surface area contributed by atoms with Gasteiger partial charge in [-0.05, 0) is 36.4 Å². The van der Waals surface area contributed by atoms with Crippen LogP contribution in [0.15, 0.2) is 58.1 Å². The molecule has 28 heavy (non-hydrogen) atoms. The van der Waals surface area contributed by atoms with Crippen molar-refractivity contribution in [1.29, 1.82) is 0 Å². The van der Waals surface area contributed by atoms with E-state index in [1.807, 2.05) is 0 Å². The first-order valence-electron chi connectivity index (χ1n) is 7.68. The van der Waals surface area contributed by atoms with Crippen LogP contribution in [0, 0.1) is 0 Å². The van der Waals surface area contributed by atoms with Gasteiger partial charge in [-0.3, -0.25) is 9.59 Å². The average molecular weight is 400 g/mol. The summed E-state index contributed by atoms with van der Waals surface area (Å²) < 4.78 is 76.6. The number of nitrogens with one attached hydrogen (secondary N) is 2. The van der Waals surface area contributed by atoms with E-state index >= 15 is 0 Å². The molecule has 0 heterocycles. The van der Waals surface area contributed by atoms with E-state index in [9.17, 15) is 35.9 Å². The van der Waals surface area contributed by atoms with Crippen LogP contribution in [-0.4, -0.2) is 0 Å². The summed E-state index contributed by atoms with van der Waals surface area (Å²) in [5.41, 5.74) is -4.79. The molecule has 0 aliphatic carbocycles. The van der Waals surface area contributed by atoms with Crippen LogP contribution >= 0.6 is 0 Å². The Labute approximate surface area is 153 Å². The van der Waals surface area contributed by atoms with Gasteiger partial charge in [0.1, 0.15) is 11.4 Å². The summed E-state index contributed by atoms with van der Waals surface area (Å²) in [6.45, 7) is 0. The van der Waals surface area contributed by atoms with Crippen LogP contribution < -0.4 is 21.5 Å². The maximum atomic E-state index is 12.8. The summed E-state index contributed by atoms with van der Waals surface area (Å²) in [7, 11) is 0. The van der Waals surface area contributed by atoms with Gasteiger partial charge in [0.15, 0.2) is 0 Å².